The first-order valence-electron chi connectivity index (χ1n) is 13.6. The third-order valence-corrected chi connectivity index (χ3v) is 7.06. The molecule has 0 aliphatic rings. The van der Waals surface area contributed by atoms with Crippen molar-refractivity contribution in [3.8, 4) is 5.75 Å². The van der Waals surface area contributed by atoms with Crippen molar-refractivity contribution in [1.29, 1.82) is 0 Å². The van der Waals surface area contributed by atoms with E-state index in [1.165, 1.54) is 57.1 Å². The van der Waals surface area contributed by atoms with E-state index in [9.17, 15) is 19.5 Å². The molecule has 1 N–H and O–H groups in total. The van der Waals surface area contributed by atoms with Crippen LogP contribution < -0.4 is 4.74 Å². The Morgan fingerprint density at radius 3 is 2.22 bits per heavy atom. The average molecular weight is 519 g/mol. The van der Waals surface area contributed by atoms with Gasteiger partial charge in [0.05, 0.1) is 11.7 Å². The lowest BCUT2D eigenvalue weighted by molar-refractivity contribution is -0.141. The second-order valence-corrected chi connectivity index (χ2v) is 11.0. The molecule has 0 fully saturated rings. The summed E-state index contributed by atoms with van der Waals surface area (Å²) in [6.07, 6.45) is 17.7. The number of carbonyl (C=O) groups excluding carboxylic acids is 2. The molecule has 1 unspecified atom stereocenters. The number of carboxylic acid groups (broad SMARTS) is 1. The van der Waals surface area contributed by atoms with Crippen LogP contribution in [0.15, 0.2) is 36.4 Å². The molecule has 0 aliphatic heterocycles. The first-order valence-corrected chi connectivity index (χ1v) is 14.8. The maximum atomic E-state index is 12.8. The van der Waals surface area contributed by atoms with Gasteiger partial charge in [-0.1, -0.05) is 77.2 Å². The summed E-state index contributed by atoms with van der Waals surface area (Å²) in [6, 6.07) is 6.08. The molecule has 0 bridgehead atoms. The van der Waals surface area contributed by atoms with Crippen molar-refractivity contribution < 1.29 is 24.2 Å². The van der Waals surface area contributed by atoms with Gasteiger partial charge in [0, 0.05) is 6.42 Å². The van der Waals surface area contributed by atoms with Crippen molar-refractivity contribution >= 4 is 29.5 Å². The van der Waals surface area contributed by atoms with E-state index < -0.39 is 17.9 Å². The lowest BCUT2D eigenvalue weighted by Crippen LogP contribution is -2.26. The van der Waals surface area contributed by atoms with Gasteiger partial charge in [-0.2, -0.15) is 11.8 Å². The number of hydrogen-bond donors (Lipinski definition) is 1. The van der Waals surface area contributed by atoms with Crippen LogP contribution in [0.3, 0.4) is 0 Å². The molecule has 0 spiro atoms. The van der Waals surface area contributed by atoms with Gasteiger partial charge >= 0.3 is 11.9 Å². The van der Waals surface area contributed by atoms with E-state index >= 15 is 0 Å². The van der Waals surface area contributed by atoms with Gasteiger partial charge in [0.2, 0.25) is 0 Å². The lowest BCUT2D eigenvalue weighted by Gasteiger charge is -2.18. The Morgan fingerprint density at radius 2 is 1.58 bits per heavy atom. The van der Waals surface area contributed by atoms with Crippen LogP contribution in [0.4, 0.5) is 0 Å². The number of aromatic carboxylic acids is 1. The Balaban J connectivity index is 2.28. The molecule has 0 heterocycles. The maximum absolute atomic E-state index is 12.8. The van der Waals surface area contributed by atoms with Gasteiger partial charge < -0.3 is 9.84 Å². The number of ketones is 1. The molecule has 0 aromatic heterocycles. The number of rotatable bonds is 21. The van der Waals surface area contributed by atoms with Crippen LogP contribution in [0.25, 0.3) is 0 Å². The molecule has 6 heteroatoms. The average Bonchev–Trinajstić information content (AvgIpc) is 2.83. The second kappa shape index (κ2) is 20.0. The fraction of sp³-hybridized carbons (Fsp3) is 0.633. The Hall–Kier alpha value is -2.08. The van der Waals surface area contributed by atoms with Gasteiger partial charge in [0.25, 0.3) is 0 Å². The number of para-hydroxylation sites is 1. The number of allylic oxidation sites excluding steroid dienone is 2. The zero-order valence-corrected chi connectivity index (χ0v) is 23.3. The van der Waals surface area contributed by atoms with E-state index in [-0.39, 0.29) is 29.4 Å². The third kappa shape index (κ3) is 15.1. The number of unbranched alkanes of at least 4 members (excludes halogenated alkanes) is 8. The number of esters is 1. The van der Waals surface area contributed by atoms with Crippen LogP contribution in [0.2, 0.25) is 0 Å². The van der Waals surface area contributed by atoms with Gasteiger partial charge in [0.1, 0.15) is 17.1 Å². The van der Waals surface area contributed by atoms with Crippen molar-refractivity contribution in [2.24, 2.45) is 11.8 Å². The predicted molar refractivity (Wildman–Crippen MR) is 150 cm³/mol. The Labute approximate surface area is 222 Å². The molecule has 36 heavy (non-hydrogen) atoms. The number of ether oxygens (including phenoxy) is 1. The molecule has 202 valence electrons. The van der Waals surface area contributed by atoms with Crippen molar-refractivity contribution in [1.82, 2.24) is 0 Å². The Kier molecular flexibility index (Phi) is 17.8. The van der Waals surface area contributed by atoms with Crippen molar-refractivity contribution in [2.75, 3.05) is 11.5 Å². The minimum absolute atomic E-state index is 0.0207. The first-order chi connectivity index (χ1) is 17.3. The predicted octanol–water partition coefficient (Wildman–Crippen LogP) is 8.12. The highest BCUT2D eigenvalue weighted by atomic mass is 32.2. The van der Waals surface area contributed by atoms with Gasteiger partial charge in [-0.15, -0.1) is 0 Å². The largest absolute Gasteiger partial charge is 0.478 e. The summed E-state index contributed by atoms with van der Waals surface area (Å²) < 4.78 is 5.41. The van der Waals surface area contributed by atoms with Crippen LogP contribution in [0, 0.1) is 11.8 Å². The van der Waals surface area contributed by atoms with Crippen molar-refractivity contribution in [2.45, 2.75) is 97.8 Å². The van der Waals surface area contributed by atoms with E-state index in [0.29, 0.717) is 12.2 Å². The van der Waals surface area contributed by atoms with Crippen LogP contribution in [-0.4, -0.2) is 34.3 Å². The van der Waals surface area contributed by atoms with Crippen molar-refractivity contribution in [3.63, 3.8) is 0 Å². The Morgan fingerprint density at radius 1 is 0.944 bits per heavy atom. The summed E-state index contributed by atoms with van der Waals surface area (Å²) in [7, 11) is 0. The number of carboxylic acids is 1. The summed E-state index contributed by atoms with van der Waals surface area (Å²) >= 11 is 1.63. The molecule has 0 amide bonds. The molecule has 1 atom stereocenters. The summed E-state index contributed by atoms with van der Waals surface area (Å²) in [5, 5.41) is 9.31. The number of benzene rings is 1. The smallest absolute Gasteiger partial charge is 0.339 e. The first kappa shape index (κ1) is 31.9. The number of Topliss-reactive ketones (excluding diaryl/α,β-unsaturated/α-hetero) is 1. The molecular weight excluding hydrogens is 472 g/mol. The summed E-state index contributed by atoms with van der Waals surface area (Å²) in [4.78, 5) is 36.7. The normalized spacial score (nSPS) is 12.2. The zero-order valence-electron chi connectivity index (χ0n) is 22.5. The number of carbonyl (C=O) groups is 3. The molecule has 0 saturated heterocycles. The maximum Gasteiger partial charge on any atom is 0.339 e. The van der Waals surface area contributed by atoms with Crippen molar-refractivity contribution in [3.05, 3.63) is 42.0 Å². The lowest BCUT2D eigenvalue weighted by atomic mass is 9.93. The van der Waals surface area contributed by atoms with E-state index in [4.69, 9.17) is 4.74 Å². The van der Waals surface area contributed by atoms with E-state index in [2.05, 4.69) is 19.1 Å². The molecule has 1 aromatic rings. The van der Waals surface area contributed by atoms with E-state index in [0.717, 1.165) is 25.0 Å². The highest BCUT2D eigenvalue weighted by Crippen LogP contribution is 2.24. The topological polar surface area (TPSA) is 80.7 Å². The number of hydrogen-bond acceptors (Lipinski definition) is 5. The summed E-state index contributed by atoms with van der Waals surface area (Å²) in [5.74, 6) is -0.650. The fourth-order valence-corrected chi connectivity index (χ4v) is 4.92. The molecule has 1 rings (SSSR count). The van der Waals surface area contributed by atoms with Gasteiger partial charge in [-0.25, -0.2) is 4.79 Å². The third-order valence-electron chi connectivity index (χ3n) is 5.95. The zero-order chi connectivity index (χ0) is 26.6. The number of thioether (sulfide) groups is 1. The SMILES string of the molecule is CCCCCCC/C=C\CCCCCSCC(=O)CC(CC(C)C)C(=O)Oc1ccccc1C(=O)O. The molecule has 1 aromatic carbocycles. The standard InChI is InChI=1S/C30H46O5S/c1-4-5-6-7-8-9-10-11-12-13-14-17-20-36-23-26(31)22-25(21-24(2)3)30(34)35-28-19-16-15-18-27(28)29(32)33/h10-11,15-16,18-19,24-25H,4-9,12-14,17,20-23H2,1-3H3,(H,32,33)/b11-10-. The Bertz CT molecular complexity index is 802. The molecule has 5 nitrogen and oxygen atoms in total. The molecular formula is C30H46O5S. The molecule has 0 saturated carbocycles. The van der Waals surface area contributed by atoms with Crippen LogP contribution in [0.1, 0.15) is 108 Å². The second-order valence-electron chi connectivity index (χ2n) is 9.87. The quantitative estimate of drug-likeness (QED) is 0.0766. The van der Waals surface area contributed by atoms with Crippen LogP contribution in [0.5, 0.6) is 5.75 Å². The molecule has 0 aliphatic carbocycles. The van der Waals surface area contributed by atoms with Gasteiger partial charge in [-0.3, -0.25) is 9.59 Å². The minimum Gasteiger partial charge on any atom is -0.478 e. The van der Waals surface area contributed by atoms with Gasteiger partial charge in [-0.05, 0) is 62.3 Å². The van der Waals surface area contributed by atoms with Crippen LogP contribution >= 0.6 is 11.8 Å². The van der Waals surface area contributed by atoms with E-state index in [1.807, 2.05) is 13.8 Å². The monoisotopic (exact) mass is 518 g/mol. The highest BCUT2D eigenvalue weighted by molar-refractivity contribution is 7.99. The fourth-order valence-electron chi connectivity index (χ4n) is 4.02. The molecule has 0 radical (unpaired) electrons. The summed E-state index contributed by atoms with van der Waals surface area (Å²) in [5.41, 5.74) is -0.0612. The minimum atomic E-state index is -1.15. The van der Waals surface area contributed by atoms with Gasteiger partial charge in [0.15, 0.2) is 0 Å². The summed E-state index contributed by atoms with van der Waals surface area (Å²) in [6.45, 7) is 6.23. The highest BCUT2D eigenvalue weighted by Gasteiger charge is 2.26. The van der Waals surface area contributed by atoms with Crippen LogP contribution in [-0.2, 0) is 9.59 Å². The van der Waals surface area contributed by atoms with E-state index in [1.54, 1.807) is 23.9 Å².